The van der Waals surface area contributed by atoms with E-state index in [2.05, 4.69) is 17.4 Å². The highest BCUT2D eigenvalue weighted by Crippen LogP contribution is 2.44. The number of fused-ring (bicyclic) bond motifs is 3. The summed E-state index contributed by atoms with van der Waals surface area (Å²) < 4.78 is 5.56. The summed E-state index contributed by atoms with van der Waals surface area (Å²) in [6.45, 7) is 1.86. The molecule has 0 bridgehead atoms. The maximum atomic E-state index is 12.9. The fourth-order valence-corrected chi connectivity index (χ4v) is 4.64. The fraction of sp³-hybridized carbons (Fsp3) is 0.222. The van der Waals surface area contributed by atoms with Crippen molar-refractivity contribution in [3.63, 3.8) is 0 Å². The average Bonchev–Trinajstić information content (AvgIpc) is 3.15. The molecule has 0 aromatic heterocycles. The van der Waals surface area contributed by atoms with Crippen molar-refractivity contribution in [1.29, 1.82) is 0 Å². The average molecular weight is 493 g/mol. The van der Waals surface area contributed by atoms with Crippen molar-refractivity contribution < 1.29 is 24.2 Å². The molecule has 3 aromatic carbocycles. The number of halogens is 1. The van der Waals surface area contributed by atoms with Crippen LogP contribution in [0.5, 0.6) is 0 Å². The Morgan fingerprint density at radius 3 is 2.23 bits per heavy atom. The largest absolute Gasteiger partial charge is 0.480 e. The third-order valence-corrected chi connectivity index (χ3v) is 6.06. The molecule has 35 heavy (non-hydrogen) atoms. The van der Waals surface area contributed by atoms with Crippen molar-refractivity contribution in [2.24, 2.45) is 0 Å². The fourth-order valence-electron chi connectivity index (χ4n) is 4.41. The Balaban J connectivity index is 1.46. The minimum Gasteiger partial charge on any atom is -0.480 e. The Bertz CT molecular complexity index is 1230. The van der Waals surface area contributed by atoms with Gasteiger partial charge >= 0.3 is 12.1 Å². The van der Waals surface area contributed by atoms with Gasteiger partial charge in [-0.1, -0.05) is 67.1 Å². The van der Waals surface area contributed by atoms with Crippen LogP contribution in [0.3, 0.4) is 0 Å². The molecule has 0 spiro atoms. The second-order valence-corrected chi connectivity index (χ2v) is 8.74. The van der Waals surface area contributed by atoms with Crippen molar-refractivity contribution >= 4 is 35.3 Å². The van der Waals surface area contributed by atoms with Gasteiger partial charge in [0, 0.05) is 28.7 Å². The highest BCUT2D eigenvalue weighted by molar-refractivity contribution is 6.31. The van der Waals surface area contributed by atoms with Gasteiger partial charge in [-0.3, -0.25) is 14.9 Å². The van der Waals surface area contributed by atoms with Crippen molar-refractivity contribution in [2.45, 2.75) is 19.3 Å². The Morgan fingerprint density at radius 1 is 1.00 bits per heavy atom. The molecular formula is C27H25ClN2O5. The summed E-state index contributed by atoms with van der Waals surface area (Å²) in [6.07, 6.45) is -0.0757. The van der Waals surface area contributed by atoms with E-state index < -0.39 is 24.5 Å². The molecule has 180 valence electrons. The molecule has 0 fully saturated rings. The number of hydrogen-bond donors (Lipinski definition) is 2. The zero-order chi connectivity index (χ0) is 24.9. The second-order valence-electron chi connectivity index (χ2n) is 8.30. The standard InChI is InChI=1S/C27H25ClN2O5/c1-2-11-30(15-25(31)32)26(33)17-12-18(28)14-19(13-17)29-27(34)35-16-24-22-9-5-3-7-20(22)21-8-4-6-10-23(21)24/h3-10,12-14,24H,2,11,15-16H2,1H3,(H,29,34)(H,31,32). The summed E-state index contributed by atoms with van der Waals surface area (Å²) in [4.78, 5) is 37.8. The van der Waals surface area contributed by atoms with Crippen LogP contribution in [0, 0.1) is 0 Å². The van der Waals surface area contributed by atoms with Gasteiger partial charge in [-0.05, 0) is 46.9 Å². The number of anilines is 1. The Kier molecular flexibility index (Phi) is 7.36. The minimum atomic E-state index is -1.11. The number of carboxylic acid groups (broad SMARTS) is 1. The molecule has 7 nitrogen and oxygen atoms in total. The number of benzene rings is 3. The third kappa shape index (κ3) is 5.46. The first-order valence-electron chi connectivity index (χ1n) is 11.3. The van der Waals surface area contributed by atoms with E-state index in [9.17, 15) is 14.4 Å². The van der Waals surface area contributed by atoms with E-state index >= 15 is 0 Å². The lowest BCUT2D eigenvalue weighted by Crippen LogP contribution is -2.36. The van der Waals surface area contributed by atoms with Crippen LogP contribution in [0.4, 0.5) is 10.5 Å². The zero-order valence-electron chi connectivity index (χ0n) is 19.2. The normalized spacial score (nSPS) is 11.9. The van der Waals surface area contributed by atoms with Gasteiger partial charge in [-0.15, -0.1) is 0 Å². The molecule has 2 amide bonds. The Morgan fingerprint density at radius 2 is 1.63 bits per heavy atom. The molecule has 0 unspecified atom stereocenters. The minimum absolute atomic E-state index is 0.0803. The predicted molar refractivity (Wildman–Crippen MR) is 134 cm³/mol. The van der Waals surface area contributed by atoms with E-state index in [1.54, 1.807) is 0 Å². The lowest BCUT2D eigenvalue weighted by atomic mass is 9.98. The number of amides is 2. The Hall–Kier alpha value is -3.84. The number of nitrogens with one attached hydrogen (secondary N) is 1. The number of carbonyl (C=O) groups excluding carboxylic acids is 2. The van der Waals surface area contributed by atoms with Crippen LogP contribution >= 0.6 is 11.6 Å². The van der Waals surface area contributed by atoms with Gasteiger partial charge < -0.3 is 14.7 Å². The lowest BCUT2D eigenvalue weighted by Gasteiger charge is -2.20. The van der Waals surface area contributed by atoms with Crippen molar-refractivity contribution in [1.82, 2.24) is 4.90 Å². The summed E-state index contributed by atoms with van der Waals surface area (Å²) in [5.74, 6) is -1.67. The quantitative estimate of drug-likeness (QED) is 0.424. The monoisotopic (exact) mass is 492 g/mol. The predicted octanol–water partition coefficient (Wildman–Crippen LogP) is 5.64. The molecule has 1 aliphatic carbocycles. The zero-order valence-corrected chi connectivity index (χ0v) is 19.9. The number of rotatable bonds is 8. The van der Waals surface area contributed by atoms with Crippen LogP contribution in [0.1, 0.15) is 40.7 Å². The van der Waals surface area contributed by atoms with E-state index in [4.69, 9.17) is 21.4 Å². The van der Waals surface area contributed by atoms with E-state index in [0.717, 1.165) is 22.3 Å². The van der Waals surface area contributed by atoms with Crippen LogP contribution in [-0.2, 0) is 9.53 Å². The number of carboxylic acids is 1. The molecule has 0 saturated heterocycles. The molecule has 1 aliphatic rings. The maximum Gasteiger partial charge on any atom is 0.411 e. The summed E-state index contributed by atoms with van der Waals surface area (Å²) in [5, 5.41) is 12.0. The third-order valence-electron chi connectivity index (χ3n) is 5.84. The van der Waals surface area contributed by atoms with Gasteiger partial charge in [0.15, 0.2) is 0 Å². The van der Waals surface area contributed by atoms with Crippen LogP contribution < -0.4 is 5.32 Å². The summed E-state index contributed by atoms with van der Waals surface area (Å²) in [6, 6.07) is 20.5. The van der Waals surface area contributed by atoms with Gasteiger partial charge in [0.1, 0.15) is 13.2 Å². The highest BCUT2D eigenvalue weighted by Gasteiger charge is 2.29. The smallest absolute Gasteiger partial charge is 0.411 e. The van der Waals surface area contributed by atoms with Crippen molar-refractivity contribution in [2.75, 3.05) is 25.0 Å². The maximum absolute atomic E-state index is 12.9. The molecule has 3 aromatic rings. The first-order chi connectivity index (χ1) is 16.9. The summed E-state index contributed by atoms with van der Waals surface area (Å²) in [7, 11) is 0. The van der Waals surface area contributed by atoms with Crippen LogP contribution in [0.15, 0.2) is 66.7 Å². The van der Waals surface area contributed by atoms with E-state index in [-0.39, 0.29) is 35.3 Å². The van der Waals surface area contributed by atoms with Gasteiger partial charge in [0.2, 0.25) is 0 Å². The number of aliphatic carboxylic acids is 1. The van der Waals surface area contributed by atoms with E-state index in [1.807, 2.05) is 43.3 Å². The molecule has 0 heterocycles. The van der Waals surface area contributed by atoms with Gasteiger partial charge in [-0.2, -0.15) is 0 Å². The number of hydrogen-bond acceptors (Lipinski definition) is 4. The topological polar surface area (TPSA) is 95.9 Å². The van der Waals surface area contributed by atoms with Crippen LogP contribution in [-0.4, -0.2) is 47.7 Å². The Labute approximate surface area is 208 Å². The van der Waals surface area contributed by atoms with Crippen molar-refractivity contribution in [3.8, 4) is 11.1 Å². The molecule has 2 N–H and O–H groups in total. The molecule has 8 heteroatoms. The molecule has 0 saturated carbocycles. The van der Waals surface area contributed by atoms with E-state index in [1.165, 1.54) is 23.1 Å². The number of carbonyl (C=O) groups is 3. The first-order valence-corrected chi connectivity index (χ1v) is 11.7. The molecular weight excluding hydrogens is 468 g/mol. The molecule has 0 radical (unpaired) electrons. The summed E-state index contributed by atoms with van der Waals surface area (Å²) >= 11 is 6.18. The second kappa shape index (κ2) is 10.6. The number of nitrogens with zero attached hydrogens (tertiary/aromatic N) is 1. The number of ether oxygens (including phenoxy) is 1. The van der Waals surface area contributed by atoms with Crippen LogP contribution in [0.25, 0.3) is 11.1 Å². The van der Waals surface area contributed by atoms with Gasteiger partial charge in [-0.25, -0.2) is 4.79 Å². The van der Waals surface area contributed by atoms with E-state index in [0.29, 0.717) is 6.42 Å². The van der Waals surface area contributed by atoms with Crippen molar-refractivity contribution in [3.05, 3.63) is 88.4 Å². The van der Waals surface area contributed by atoms with Crippen LogP contribution in [0.2, 0.25) is 5.02 Å². The lowest BCUT2D eigenvalue weighted by molar-refractivity contribution is -0.137. The van der Waals surface area contributed by atoms with Gasteiger partial charge in [0.25, 0.3) is 5.91 Å². The highest BCUT2D eigenvalue weighted by atomic mass is 35.5. The molecule has 0 aliphatic heterocycles. The SMILES string of the molecule is CCCN(CC(=O)O)C(=O)c1cc(Cl)cc(NC(=O)OCC2c3ccccc3-c3ccccc32)c1. The first kappa shape index (κ1) is 24.3. The molecule has 4 rings (SSSR count). The molecule has 0 atom stereocenters. The summed E-state index contributed by atoms with van der Waals surface area (Å²) in [5.41, 5.74) is 4.94. The van der Waals surface area contributed by atoms with Gasteiger partial charge in [0.05, 0.1) is 0 Å².